The fourth-order valence-electron chi connectivity index (χ4n) is 4.10. The van der Waals surface area contributed by atoms with Crippen molar-refractivity contribution in [3.05, 3.63) is 87.6 Å². The number of rotatable bonds is 7. The first kappa shape index (κ1) is 22.2. The largest absolute Gasteiger partial charge is 0.309 e. The zero-order valence-corrected chi connectivity index (χ0v) is 19.0. The van der Waals surface area contributed by atoms with Crippen LogP contribution in [-0.2, 0) is 13.1 Å². The van der Waals surface area contributed by atoms with Gasteiger partial charge in [-0.3, -0.25) is 19.2 Å². The molecule has 4 rings (SSSR count). The molecule has 6 nitrogen and oxygen atoms in total. The van der Waals surface area contributed by atoms with Crippen molar-refractivity contribution < 1.29 is 4.39 Å². The predicted molar refractivity (Wildman–Crippen MR) is 126 cm³/mol. The number of nitrogens with zero attached hydrogens (tertiary/aromatic N) is 5. The first-order chi connectivity index (χ1) is 15.4. The molecule has 0 amide bonds. The Morgan fingerprint density at radius 1 is 1.03 bits per heavy atom. The van der Waals surface area contributed by atoms with Gasteiger partial charge in [0.25, 0.3) is 5.56 Å². The van der Waals surface area contributed by atoms with Crippen molar-refractivity contribution in [3.8, 4) is 0 Å². The van der Waals surface area contributed by atoms with Crippen LogP contribution in [0.2, 0.25) is 0 Å². The van der Waals surface area contributed by atoms with Crippen LogP contribution in [0.3, 0.4) is 0 Å². The van der Waals surface area contributed by atoms with Gasteiger partial charge in [0.2, 0.25) is 5.95 Å². The summed E-state index contributed by atoms with van der Waals surface area (Å²) < 4.78 is 15.3. The molecule has 168 valence electrons. The lowest BCUT2D eigenvalue weighted by Gasteiger charge is -2.38. The number of aromatic nitrogens is 2. The van der Waals surface area contributed by atoms with Gasteiger partial charge in [-0.1, -0.05) is 30.3 Å². The van der Waals surface area contributed by atoms with Gasteiger partial charge in [0, 0.05) is 24.2 Å². The summed E-state index contributed by atoms with van der Waals surface area (Å²) in [5.41, 5.74) is 3.34. The second kappa shape index (κ2) is 9.63. The lowest BCUT2D eigenvalue weighted by molar-refractivity contribution is 0.189. The van der Waals surface area contributed by atoms with Gasteiger partial charge in [-0.25, -0.2) is 9.37 Å². The van der Waals surface area contributed by atoms with Crippen molar-refractivity contribution in [2.75, 3.05) is 38.8 Å². The Hall–Kier alpha value is -3.03. The van der Waals surface area contributed by atoms with Crippen molar-refractivity contribution in [3.63, 3.8) is 0 Å². The molecular formula is C25H30FN5O. The molecule has 1 aliphatic rings. The lowest BCUT2D eigenvalue weighted by atomic mass is 10.1. The van der Waals surface area contributed by atoms with E-state index in [1.54, 1.807) is 16.7 Å². The van der Waals surface area contributed by atoms with Crippen LogP contribution in [-0.4, -0.2) is 53.2 Å². The van der Waals surface area contributed by atoms with Gasteiger partial charge in [-0.05, 0) is 63.8 Å². The molecule has 0 radical (unpaired) electrons. The maximum Gasteiger partial charge on any atom is 0.259 e. The van der Waals surface area contributed by atoms with Crippen LogP contribution in [0.15, 0.2) is 59.4 Å². The molecule has 1 aliphatic heterocycles. The van der Waals surface area contributed by atoms with E-state index < -0.39 is 0 Å². The van der Waals surface area contributed by atoms with Crippen molar-refractivity contribution in [1.29, 1.82) is 0 Å². The van der Waals surface area contributed by atoms with E-state index in [4.69, 9.17) is 4.98 Å². The van der Waals surface area contributed by atoms with E-state index >= 15 is 0 Å². The fraction of sp³-hybridized carbons (Fsp3) is 0.360. The zero-order chi connectivity index (χ0) is 22.7. The third-order valence-corrected chi connectivity index (χ3v) is 5.82. The fourth-order valence-corrected chi connectivity index (χ4v) is 4.10. The van der Waals surface area contributed by atoms with Crippen LogP contribution in [0.5, 0.6) is 0 Å². The number of hydrogen-bond donors (Lipinski definition) is 0. The third-order valence-electron chi connectivity index (χ3n) is 5.82. The van der Waals surface area contributed by atoms with Crippen molar-refractivity contribution in [2.24, 2.45) is 0 Å². The molecule has 0 saturated heterocycles. The highest BCUT2D eigenvalue weighted by atomic mass is 19.1. The highest BCUT2D eigenvalue weighted by Crippen LogP contribution is 2.28. The Bertz CT molecular complexity index is 1110. The molecule has 32 heavy (non-hydrogen) atoms. The Balaban J connectivity index is 1.72. The summed E-state index contributed by atoms with van der Waals surface area (Å²) in [5.74, 6) is 0.327. The summed E-state index contributed by atoms with van der Waals surface area (Å²) in [6.45, 7) is 4.81. The predicted octanol–water partition coefficient (Wildman–Crippen LogP) is 3.60. The van der Waals surface area contributed by atoms with Crippen molar-refractivity contribution >= 4 is 11.6 Å². The summed E-state index contributed by atoms with van der Waals surface area (Å²) >= 11 is 0. The molecule has 0 atom stereocenters. The third kappa shape index (κ3) is 4.89. The number of aryl methyl sites for hydroxylation is 1. The van der Waals surface area contributed by atoms with Gasteiger partial charge in [-0.15, -0.1) is 0 Å². The molecule has 0 fully saturated rings. The Kier molecular flexibility index (Phi) is 6.67. The number of benzene rings is 2. The molecule has 0 N–H and O–H groups in total. The zero-order valence-electron chi connectivity index (χ0n) is 19.0. The van der Waals surface area contributed by atoms with E-state index in [2.05, 4.69) is 23.9 Å². The van der Waals surface area contributed by atoms with E-state index in [1.165, 1.54) is 12.1 Å². The van der Waals surface area contributed by atoms with Gasteiger partial charge in [0.05, 0.1) is 19.0 Å². The van der Waals surface area contributed by atoms with Crippen LogP contribution in [0.25, 0.3) is 0 Å². The van der Waals surface area contributed by atoms with Gasteiger partial charge < -0.3 is 4.90 Å². The van der Waals surface area contributed by atoms with Crippen LogP contribution in [0.4, 0.5) is 16.0 Å². The molecule has 2 heterocycles. The molecule has 0 unspecified atom stereocenters. The maximum absolute atomic E-state index is 13.6. The van der Waals surface area contributed by atoms with E-state index in [9.17, 15) is 9.18 Å². The average Bonchev–Trinajstić information content (AvgIpc) is 2.78. The van der Waals surface area contributed by atoms with E-state index in [-0.39, 0.29) is 11.4 Å². The molecule has 0 bridgehead atoms. The monoisotopic (exact) mass is 435 g/mol. The molecule has 0 spiro atoms. The van der Waals surface area contributed by atoms with Gasteiger partial charge in [0.1, 0.15) is 5.82 Å². The Morgan fingerprint density at radius 3 is 2.44 bits per heavy atom. The number of halogens is 1. The molecule has 7 heteroatoms. The normalized spacial score (nSPS) is 14.1. The van der Waals surface area contributed by atoms with Crippen LogP contribution < -0.4 is 10.5 Å². The topological polar surface area (TPSA) is 44.6 Å². The van der Waals surface area contributed by atoms with Gasteiger partial charge in [-0.2, -0.15) is 0 Å². The average molecular weight is 436 g/mol. The van der Waals surface area contributed by atoms with Crippen LogP contribution >= 0.6 is 0 Å². The molecular weight excluding hydrogens is 405 g/mol. The van der Waals surface area contributed by atoms with Gasteiger partial charge in [0.15, 0.2) is 0 Å². The smallest absolute Gasteiger partial charge is 0.259 e. The van der Waals surface area contributed by atoms with Crippen LogP contribution in [0, 0.1) is 12.7 Å². The second-order valence-electron chi connectivity index (χ2n) is 8.61. The summed E-state index contributed by atoms with van der Waals surface area (Å²) in [4.78, 5) is 24.9. The summed E-state index contributed by atoms with van der Waals surface area (Å²) in [5, 5.41) is 0. The standard InChI is InChI=1S/C25H30FN5O/c1-19-23(16-20-8-5-4-6-9-20)24(32)31-18-29(15-7-14-28(2)3)17-30(25(31)27-19)22-12-10-21(26)11-13-22/h4-6,8-13H,7,14-18H2,1-3H3. The number of anilines is 2. The lowest BCUT2D eigenvalue weighted by Crippen LogP contribution is -2.48. The Labute approximate surface area is 188 Å². The SMILES string of the molecule is Cc1nc2n(c(=O)c1Cc1ccccc1)CN(CCCN(C)C)CN2c1ccc(F)cc1. The molecule has 0 saturated carbocycles. The molecule has 2 aromatic carbocycles. The first-order valence-corrected chi connectivity index (χ1v) is 11.0. The quantitative estimate of drug-likeness (QED) is 0.567. The highest BCUT2D eigenvalue weighted by molar-refractivity contribution is 5.58. The van der Waals surface area contributed by atoms with Crippen molar-refractivity contribution in [2.45, 2.75) is 26.4 Å². The van der Waals surface area contributed by atoms with E-state index in [0.29, 0.717) is 31.3 Å². The summed E-state index contributed by atoms with van der Waals surface area (Å²) in [6.07, 6.45) is 1.54. The molecule has 3 aromatic rings. The number of hydrogen-bond acceptors (Lipinski definition) is 5. The summed E-state index contributed by atoms with van der Waals surface area (Å²) in [7, 11) is 4.12. The van der Waals surface area contributed by atoms with Crippen molar-refractivity contribution in [1.82, 2.24) is 19.4 Å². The second-order valence-corrected chi connectivity index (χ2v) is 8.61. The first-order valence-electron chi connectivity index (χ1n) is 11.0. The van der Waals surface area contributed by atoms with Crippen LogP contribution in [0.1, 0.15) is 23.2 Å². The minimum atomic E-state index is -0.284. The minimum Gasteiger partial charge on any atom is -0.309 e. The highest BCUT2D eigenvalue weighted by Gasteiger charge is 2.27. The Morgan fingerprint density at radius 2 is 1.75 bits per heavy atom. The minimum absolute atomic E-state index is 0.0132. The van der Waals surface area contributed by atoms with Gasteiger partial charge >= 0.3 is 0 Å². The van der Waals surface area contributed by atoms with E-state index in [1.807, 2.05) is 42.2 Å². The van der Waals surface area contributed by atoms with E-state index in [0.717, 1.165) is 36.5 Å². The molecule has 1 aromatic heterocycles. The summed E-state index contributed by atoms with van der Waals surface area (Å²) in [6, 6.07) is 16.4. The molecule has 0 aliphatic carbocycles. The maximum atomic E-state index is 13.6. The number of fused-ring (bicyclic) bond motifs is 1.